The maximum absolute atomic E-state index is 6.04. The Kier molecular flexibility index (Phi) is 5.88. The van der Waals surface area contributed by atoms with Gasteiger partial charge < -0.3 is 5.73 Å². The highest BCUT2D eigenvalue weighted by Gasteiger charge is 2.21. The molecule has 0 radical (unpaired) electrons. The fourth-order valence-electron chi connectivity index (χ4n) is 1.39. The van der Waals surface area contributed by atoms with E-state index in [9.17, 15) is 0 Å². The van der Waals surface area contributed by atoms with Gasteiger partial charge in [0.2, 0.25) is 0 Å². The van der Waals surface area contributed by atoms with Crippen LogP contribution in [-0.4, -0.2) is 6.04 Å². The van der Waals surface area contributed by atoms with Crippen molar-refractivity contribution in [1.29, 1.82) is 0 Å². The topological polar surface area (TPSA) is 26.0 Å². The molecule has 0 aliphatic heterocycles. The Bertz CT molecular complexity index is 182. The summed E-state index contributed by atoms with van der Waals surface area (Å²) in [5.41, 5.74) is 6.41. The molecular formula is C13H25N. The average Bonchev–Trinajstić information content (AvgIpc) is 2.03. The molecule has 14 heavy (non-hydrogen) atoms. The van der Waals surface area contributed by atoms with Gasteiger partial charge in [0.1, 0.15) is 0 Å². The van der Waals surface area contributed by atoms with Crippen LogP contribution in [-0.2, 0) is 0 Å². The van der Waals surface area contributed by atoms with Crippen molar-refractivity contribution >= 4 is 0 Å². The molecule has 0 aromatic rings. The Balaban J connectivity index is 3.72. The highest BCUT2D eigenvalue weighted by Crippen LogP contribution is 2.29. The maximum atomic E-state index is 6.04. The van der Waals surface area contributed by atoms with E-state index in [4.69, 9.17) is 12.2 Å². The molecule has 0 amide bonds. The average molecular weight is 195 g/mol. The zero-order chi connectivity index (χ0) is 11.2. The van der Waals surface area contributed by atoms with Crippen molar-refractivity contribution in [3.8, 4) is 12.3 Å². The molecule has 0 aliphatic carbocycles. The lowest BCUT2D eigenvalue weighted by Crippen LogP contribution is -2.28. The van der Waals surface area contributed by atoms with Gasteiger partial charge in [-0.2, -0.15) is 0 Å². The monoisotopic (exact) mass is 195 g/mol. The maximum Gasteiger partial charge on any atom is 0.00866 e. The van der Waals surface area contributed by atoms with E-state index >= 15 is 0 Å². The minimum atomic E-state index is 0.317. The first kappa shape index (κ1) is 13.5. The summed E-state index contributed by atoms with van der Waals surface area (Å²) in [4.78, 5) is 0. The smallest absolute Gasteiger partial charge is 0.00866 e. The van der Waals surface area contributed by atoms with Crippen LogP contribution in [0.1, 0.15) is 53.4 Å². The highest BCUT2D eigenvalue weighted by atomic mass is 14.6. The second kappa shape index (κ2) is 6.09. The second-order valence-electron chi connectivity index (χ2n) is 5.36. The Labute approximate surface area is 89.5 Å². The first-order valence-electron chi connectivity index (χ1n) is 5.57. The van der Waals surface area contributed by atoms with E-state index < -0.39 is 0 Å². The molecule has 0 rings (SSSR count). The van der Waals surface area contributed by atoms with E-state index in [1.165, 1.54) is 0 Å². The summed E-state index contributed by atoms with van der Waals surface area (Å²) in [6, 6.07) is 0.317. The van der Waals surface area contributed by atoms with Crippen LogP contribution >= 0.6 is 0 Å². The van der Waals surface area contributed by atoms with Crippen LogP contribution in [0.3, 0.4) is 0 Å². The molecular weight excluding hydrogens is 170 g/mol. The van der Waals surface area contributed by atoms with Gasteiger partial charge >= 0.3 is 0 Å². The van der Waals surface area contributed by atoms with E-state index in [1.54, 1.807) is 0 Å². The van der Waals surface area contributed by atoms with Crippen molar-refractivity contribution in [2.45, 2.75) is 59.4 Å². The normalized spacial score (nSPS) is 16.0. The summed E-state index contributed by atoms with van der Waals surface area (Å²) in [5.74, 6) is 3.32. The van der Waals surface area contributed by atoms with E-state index in [1.807, 2.05) is 0 Å². The van der Waals surface area contributed by atoms with Crippen molar-refractivity contribution in [2.24, 2.45) is 17.1 Å². The highest BCUT2D eigenvalue weighted by molar-refractivity contribution is 4.84. The van der Waals surface area contributed by atoms with Crippen LogP contribution in [0.5, 0.6) is 0 Å². The summed E-state index contributed by atoms with van der Waals surface area (Å²) in [5, 5.41) is 0. The molecule has 2 unspecified atom stereocenters. The largest absolute Gasteiger partial charge is 0.328 e. The molecule has 2 N–H and O–H groups in total. The van der Waals surface area contributed by atoms with Crippen LogP contribution < -0.4 is 5.73 Å². The molecule has 1 heteroatoms. The van der Waals surface area contributed by atoms with Crippen molar-refractivity contribution in [3.63, 3.8) is 0 Å². The van der Waals surface area contributed by atoms with Gasteiger partial charge in [0.25, 0.3) is 0 Å². The third-order valence-corrected chi connectivity index (χ3v) is 3.03. The predicted octanol–water partition coefficient (Wildman–Crippen LogP) is 3.19. The summed E-state index contributed by atoms with van der Waals surface area (Å²) in [6.07, 6.45) is 9.28. The number of nitrogens with two attached hydrogens (primary N) is 1. The standard InChI is InChI=1S/C13H25N/c1-6-7-8-9-12(14)10-11(2)13(3,4)5/h1,11-12H,7-10,14H2,2-5H3. The minimum absolute atomic E-state index is 0.317. The van der Waals surface area contributed by atoms with Gasteiger partial charge in [-0.3, -0.25) is 0 Å². The van der Waals surface area contributed by atoms with Gasteiger partial charge in [-0.25, -0.2) is 0 Å². The van der Waals surface area contributed by atoms with E-state index in [2.05, 4.69) is 33.6 Å². The van der Waals surface area contributed by atoms with Crippen molar-refractivity contribution in [1.82, 2.24) is 0 Å². The second-order valence-corrected chi connectivity index (χ2v) is 5.36. The van der Waals surface area contributed by atoms with Crippen LogP contribution in [0.25, 0.3) is 0 Å². The quantitative estimate of drug-likeness (QED) is 0.529. The number of terminal acetylenes is 1. The Morgan fingerprint density at radius 2 is 1.93 bits per heavy atom. The number of hydrogen-bond donors (Lipinski definition) is 1. The molecule has 0 aromatic heterocycles. The Morgan fingerprint density at radius 1 is 1.36 bits per heavy atom. The fraction of sp³-hybridized carbons (Fsp3) is 0.846. The number of rotatable bonds is 5. The molecule has 0 heterocycles. The van der Waals surface area contributed by atoms with Crippen LogP contribution in [0.4, 0.5) is 0 Å². The lowest BCUT2D eigenvalue weighted by atomic mass is 9.78. The first-order valence-corrected chi connectivity index (χ1v) is 5.57. The molecule has 0 bridgehead atoms. The summed E-state index contributed by atoms with van der Waals surface area (Å²) in [7, 11) is 0. The first-order chi connectivity index (χ1) is 6.38. The molecule has 0 aromatic carbocycles. The molecule has 0 fully saturated rings. The SMILES string of the molecule is C#CCCCC(N)CC(C)C(C)(C)C. The third kappa shape index (κ3) is 6.05. The van der Waals surface area contributed by atoms with Crippen molar-refractivity contribution in [2.75, 3.05) is 0 Å². The van der Waals surface area contributed by atoms with Gasteiger partial charge in [-0.05, 0) is 30.6 Å². The van der Waals surface area contributed by atoms with Gasteiger partial charge in [0, 0.05) is 12.5 Å². The van der Waals surface area contributed by atoms with Crippen molar-refractivity contribution in [3.05, 3.63) is 0 Å². The van der Waals surface area contributed by atoms with Gasteiger partial charge in [-0.1, -0.05) is 27.7 Å². The zero-order valence-corrected chi connectivity index (χ0v) is 10.1. The van der Waals surface area contributed by atoms with Crippen molar-refractivity contribution < 1.29 is 0 Å². The van der Waals surface area contributed by atoms with Gasteiger partial charge in [0.05, 0.1) is 0 Å². The Morgan fingerprint density at radius 3 is 2.36 bits per heavy atom. The third-order valence-electron chi connectivity index (χ3n) is 3.03. The van der Waals surface area contributed by atoms with E-state index in [-0.39, 0.29) is 0 Å². The van der Waals surface area contributed by atoms with Crippen LogP contribution in [0.2, 0.25) is 0 Å². The van der Waals surface area contributed by atoms with Gasteiger partial charge in [0.15, 0.2) is 0 Å². The predicted molar refractivity (Wildman–Crippen MR) is 63.9 cm³/mol. The molecule has 2 atom stereocenters. The van der Waals surface area contributed by atoms with Crippen LogP contribution in [0.15, 0.2) is 0 Å². The summed E-state index contributed by atoms with van der Waals surface area (Å²) >= 11 is 0. The molecule has 0 saturated heterocycles. The van der Waals surface area contributed by atoms with Crippen LogP contribution in [0, 0.1) is 23.7 Å². The molecule has 0 aliphatic rings. The summed E-state index contributed by atoms with van der Waals surface area (Å²) in [6.45, 7) is 9.09. The molecule has 82 valence electrons. The fourth-order valence-corrected chi connectivity index (χ4v) is 1.39. The van der Waals surface area contributed by atoms with Gasteiger partial charge in [-0.15, -0.1) is 12.3 Å². The molecule has 1 nitrogen and oxygen atoms in total. The number of unbranched alkanes of at least 4 members (excludes halogenated alkanes) is 1. The lowest BCUT2D eigenvalue weighted by Gasteiger charge is -2.29. The lowest BCUT2D eigenvalue weighted by molar-refractivity contribution is 0.230. The zero-order valence-electron chi connectivity index (χ0n) is 10.1. The molecule has 0 saturated carbocycles. The van der Waals surface area contributed by atoms with E-state index in [0.717, 1.165) is 25.7 Å². The Hall–Kier alpha value is -0.480. The summed E-state index contributed by atoms with van der Waals surface area (Å²) < 4.78 is 0. The van der Waals surface area contributed by atoms with E-state index in [0.29, 0.717) is 17.4 Å². The minimum Gasteiger partial charge on any atom is -0.328 e. The molecule has 0 spiro atoms. The number of hydrogen-bond acceptors (Lipinski definition) is 1.